The second kappa shape index (κ2) is 5.87. The fraction of sp³-hybridized carbons (Fsp3) is 0.571. The van der Waals surface area contributed by atoms with Gasteiger partial charge in [-0.1, -0.05) is 0 Å². The molecule has 0 aromatic carbocycles. The summed E-state index contributed by atoms with van der Waals surface area (Å²) in [5, 5.41) is 0. The Morgan fingerprint density at radius 2 is 2.24 bits per heavy atom. The Hall–Kier alpha value is -1.86. The maximum Gasteiger partial charge on any atom is 0.284 e. The topological polar surface area (TPSA) is 95.0 Å². The summed E-state index contributed by atoms with van der Waals surface area (Å²) in [6.45, 7) is 5.11. The van der Waals surface area contributed by atoms with E-state index in [2.05, 4.69) is 0 Å². The van der Waals surface area contributed by atoms with E-state index in [9.17, 15) is 9.59 Å². The smallest absolute Gasteiger partial charge is 0.284 e. The number of hydrogen-bond acceptors (Lipinski definition) is 5. The van der Waals surface area contributed by atoms with Gasteiger partial charge >= 0.3 is 0 Å². The van der Waals surface area contributed by atoms with Gasteiger partial charge in [0.25, 0.3) is 11.8 Å². The molecule has 1 fully saturated rings. The van der Waals surface area contributed by atoms with Crippen LogP contribution >= 0.6 is 0 Å². The molecule has 1 aliphatic heterocycles. The molecule has 7 nitrogen and oxygen atoms in total. The SMILES string of the molecule is COC[C@@H]1CN(C(=O)c2coc(C(N)=O)c2)CC(C)(C)O1. The van der Waals surface area contributed by atoms with Gasteiger partial charge in [0.1, 0.15) is 6.26 Å². The van der Waals surface area contributed by atoms with Crippen molar-refractivity contribution in [3.63, 3.8) is 0 Å². The predicted octanol–water partition coefficient (Wildman–Crippen LogP) is 0.644. The van der Waals surface area contributed by atoms with Crippen molar-refractivity contribution in [3.8, 4) is 0 Å². The Kier molecular flexibility index (Phi) is 4.34. The molecule has 1 aromatic heterocycles. The lowest BCUT2D eigenvalue weighted by molar-refractivity contribution is -0.143. The number of carbonyl (C=O) groups is 2. The quantitative estimate of drug-likeness (QED) is 0.880. The second-order valence-corrected chi connectivity index (χ2v) is 5.70. The first-order valence-electron chi connectivity index (χ1n) is 6.67. The van der Waals surface area contributed by atoms with Crippen LogP contribution in [-0.4, -0.2) is 55.2 Å². The summed E-state index contributed by atoms with van der Waals surface area (Å²) in [6, 6.07) is 1.36. The van der Waals surface area contributed by atoms with Crippen molar-refractivity contribution in [1.29, 1.82) is 0 Å². The Bertz CT molecular complexity index is 537. The molecule has 0 unspecified atom stereocenters. The molecule has 1 aromatic rings. The third kappa shape index (κ3) is 3.62. The van der Waals surface area contributed by atoms with Crippen LogP contribution in [0.5, 0.6) is 0 Å². The predicted molar refractivity (Wildman–Crippen MR) is 74.0 cm³/mol. The fourth-order valence-corrected chi connectivity index (χ4v) is 2.48. The number of rotatable bonds is 4. The van der Waals surface area contributed by atoms with Gasteiger partial charge in [-0.15, -0.1) is 0 Å². The molecule has 0 aliphatic carbocycles. The van der Waals surface area contributed by atoms with E-state index in [0.29, 0.717) is 25.3 Å². The maximum atomic E-state index is 12.5. The minimum absolute atomic E-state index is 0.0284. The van der Waals surface area contributed by atoms with E-state index in [-0.39, 0.29) is 17.8 Å². The van der Waals surface area contributed by atoms with Gasteiger partial charge in [0.2, 0.25) is 0 Å². The van der Waals surface area contributed by atoms with E-state index in [1.165, 1.54) is 12.3 Å². The number of nitrogens with two attached hydrogens (primary N) is 1. The second-order valence-electron chi connectivity index (χ2n) is 5.70. The zero-order valence-corrected chi connectivity index (χ0v) is 12.4. The largest absolute Gasteiger partial charge is 0.458 e. The number of carbonyl (C=O) groups excluding carboxylic acids is 2. The third-order valence-electron chi connectivity index (χ3n) is 3.21. The average molecular weight is 296 g/mol. The number of morpholine rings is 1. The van der Waals surface area contributed by atoms with Gasteiger partial charge in [-0.2, -0.15) is 0 Å². The standard InChI is InChI=1S/C14H20N2O5/c1-14(2)8-16(5-10(21-14)7-19-3)13(18)9-4-11(12(15)17)20-6-9/h4,6,10H,5,7-8H2,1-3H3,(H2,15,17)/t10-/m0/s1. The van der Waals surface area contributed by atoms with Crippen LogP contribution in [-0.2, 0) is 9.47 Å². The van der Waals surface area contributed by atoms with Crippen LogP contribution in [0.3, 0.4) is 0 Å². The Labute approximate surface area is 123 Å². The van der Waals surface area contributed by atoms with Crippen molar-refractivity contribution in [1.82, 2.24) is 4.90 Å². The first-order chi connectivity index (χ1) is 9.82. The number of primary amides is 1. The number of furan rings is 1. The summed E-state index contributed by atoms with van der Waals surface area (Å²) in [6.07, 6.45) is 1.06. The van der Waals surface area contributed by atoms with Crippen molar-refractivity contribution in [2.24, 2.45) is 5.73 Å². The number of methoxy groups -OCH3 is 1. The third-order valence-corrected chi connectivity index (χ3v) is 3.21. The molecule has 2 heterocycles. The molecule has 1 aliphatic rings. The molecule has 116 valence electrons. The molecule has 0 spiro atoms. The molecular weight excluding hydrogens is 276 g/mol. The van der Waals surface area contributed by atoms with Crippen molar-refractivity contribution >= 4 is 11.8 Å². The zero-order valence-electron chi connectivity index (χ0n) is 12.4. The molecule has 0 bridgehead atoms. The molecule has 0 saturated carbocycles. The van der Waals surface area contributed by atoms with E-state index < -0.39 is 11.5 Å². The minimum Gasteiger partial charge on any atom is -0.458 e. The first kappa shape index (κ1) is 15.5. The van der Waals surface area contributed by atoms with Gasteiger partial charge in [0.15, 0.2) is 5.76 Å². The van der Waals surface area contributed by atoms with Gasteiger partial charge < -0.3 is 24.5 Å². The van der Waals surface area contributed by atoms with Crippen LogP contribution in [0.1, 0.15) is 34.8 Å². The van der Waals surface area contributed by atoms with Crippen LogP contribution in [0, 0.1) is 0 Å². The van der Waals surface area contributed by atoms with Crippen LogP contribution in [0.2, 0.25) is 0 Å². The highest BCUT2D eigenvalue weighted by molar-refractivity contribution is 5.97. The van der Waals surface area contributed by atoms with E-state index in [4.69, 9.17) is 19.6 Å². The van der Waals surface area contributed by atoms with E-state index >= 15 is 0 Å². The van der Waals surface area contributed by atoms with Gasteiger partial charge in [0.05, 0.1) is 23.9 Å². The molecular formula is C14H20N2O5. The number of hydrogen-bond donors (Lipinski definition) is 1. The highest BCUT2D eigenvalue weighted by Gasteiger charge is 2.36. The highest BCUT2D eigenvalue weighted by atomic mass is 16.5. The maximum absolute atomic E-state index is 12.5. The van der Waals surface area contributed by atoms with Crippen LogP contribution in [0.15, 0.2) is 16.7 Å². The number of nitrogens with zero attached hydrogens (tertiary/aromatic N) is 1. The zero-order chi connectivity index (χ0) is 15.6. The van der Waals surface area contributed by atoms with E-state index in [1.54, 1.807) is 12.0 Å². The van der Waals surface area contributed by atoms with Gasteiger partial charge in [-0.3, -0.25) is 9.59 Å². The summed E-state index contributed by atoms with van der Waals surface area (Å²) in [4.78, 5) is 25.2. The molecule has 2 amide bonds. The normalized spacial score (nSPS) is 21.3. The lowest BCUT2D eigenvalue weighted by atomic mass is 10.0. The minimum atomic E-state index is -0.700. The monoisotopic (exact) mass is 296 g/mol. The van der Waals surface area contributed by atoms with E-state index in [1.807, 2.05) is 13.8 Å². The molecule has 1 saturated heterocycles. The Morgan fingerprint density at radius 3 is 2.81 bits per heavy atom. The lowest BCUT2D eigenvalue weighted by Gasteiger charge is -2.42. The summed E-state index contributed by atoms with van der Waals surface area (Å²) < 4.78 is 15.9. The van der Waals surface area contributed by atoms with Crippen molar-refractivity contribution in [2.45, 2.75) is 25.6 Å². The molecule has 21 heavy (non-hydrogen) atoms. The number of amides is 2. The van der Waals surface area contributed by atoms with Crippen molar-refractivity contribution < 1.29 is 23.5 Å². The van der Waals surface area contributed by atoms with Gasteiger partial charge in [-0.05, 0) is 13.8 Å². The van der Waals surface area contributed by atoms with Gasteiger partial charge in [0, 0.05) is 26.3 Å². The molecule has 1 atom stereocenters. The van der Waals surface area contributed by atoms with Crippen molar-refractivity contribution in [2.75, 3.05) is 26.8 Å². The summed E-state index contributed by atoms with van der Waals surface area (Å²) in [7, 11) is 1.59. The highest BCUT2D eigenvalue weighted by Crippen LogP contribution is 2.23. The number of ether oxygens (including phenoxy) is 2. The molecule has 7 heteroatoms. The lowest BCUT2D eigenvalue weighted by Crippen LogP contribution is -2.55. The molecule has 0 radical (unpaired) electrons. The molecule has 2 N–H and O–H groups in total. The molecule has 2 rings (SSSR count). The summed E-state index contributed by atoms with van der Waals surface area (Å²) in [5.74, 6) is -0.948. The van der Waals surface area contributed by atoms with Crippen LogP contribution < -0.4 is 5.73 Å². The first-order valence-corrected chi connectivity index (χ1v) is 6.67. The van der Waals surface area contributed by atoms with Crippen LogP contribution in [0.4, 0.5) is 0 Å². The van der Waals surface area contributed by atoms with Crippen molar-refractivity contribution in [3.05, 3.63) is 23.7 Å². The Morgan fingerprint density at radius 1 is 1.52 bits per heavy atom. The van der Waals surface area contributed by atoms with Gasteiger partial charge in [-0.25, -0.2) is 0 Å². The average Bonchev–Trinajstić information content (AvgIpc) is 2.86. The Balaban J connectivity index is 2.14. The fourth-order valence-electron chi connectivity index (χ4n) is 2.48. The summed E-state index contributed by atoms with van der Waals surface area (Å²) >= 11 is 0. The summed E-state index contributed by atoms with van der Waals surface area (Å²) in [5.41, 5.74) is 4.95. The van der Waals surface area contributed by atoms with E-state index in [0.717, 1.165) is 0 Å². The van der Waals surface area contributed by atoms with Crippen LogP contribution in [0.25, 0.3) is 0 Å².